The van der Waals surface area contributed by atoms with E-state index in [4.69, 9.17) is 5.21 Å². The van der Waals surface area contributed by atoms with Crippen LogP contribution in [0.15, 0.2) is 28.7 Å². The van der Waals surface area contributed by atoms with Crippen molar-refractivity contribution in [3.05, 3.63) is 23.6 Å². The second kappa shape index (κ2) is 3.40. The average Bonchev–Trinajstić information content (AvgIpc) is 2.19. The highest BCUT2D eigenvalue weighted by Gasteiger charge is 2.47. The standard InChI is InChI=1S/C10H10F3NO/c11-6-1-2-7-8(5-6)10(12,13)4-3-9(7)14-15/h1-2,8,15H,3-5H2. The maximum Gasteiger partial charge on any atom is 0.255 e. The third-order valence-electron chi connectivity index (χ3n) is 2.88. The second-order valence-electron chi connectivity index (χ2n) is 3.80. The van der Waals surface area contributed by atoms with Crippen LogP contribution in [0, 0.1) is 5.92 Å². The van der Waals surface area contributed by atoms with Gasteiger partial charge >= 0.3 is 0 Å². The first-order valence-electron chi connectivity index (χ1n) is 4.70. The van der Waals surface area contributed by atoms with Crippen LogP contribution in [0.25, 0.3) is 0 Å². The Kier molecular flexibility index (Phi) is 2.32. The number of halogens is 3. The quantitative estimate of drug-likeness (QED) is 0.491. The number of rotatable bonds is 0. The lowest BCUT2D eigenvalue weighted by atomic mass is 9.76. The normalized spacial score (nSPS) is 31.9. The van der Waals surface area contributed by atoms with E-state index >= 15 is 0 Å². The van der Waals surface area contributed by atoms with Crippen molar-refractivity contribution in [3.8, 4) is 0 Å². The summed E-state index contributed by atoms with van der Waals surface area (Å²) in [5, 5.41) is 11.6. The molecule has 1 fully saturated rings. The third kappa shape index (κ3) is 1.66. The van der Waals surface area contributed by atoms with E-state index in [9.17, 15) is 13.2 Å². The van der Waals surface area contributed by atoms with Gasteiger partial charge in [0.2, 0.25) is 0 Å². The predicted molar refractivity (Wildman–Crippen MR) is 48.8 cm³/mol. The summed E-state index contributed by atoms with van der Waals surface area (Å²) in [5.41, 5.74) is 0.504. The van der Waals surface area contributed by atoms with Crippen molar-refractivity contribution in [2.75, 3.05) is 0 Å². The molecule has 0 bridgehead atoms. The molecule has 1 atom stereocenters. The van der Waals surface area contributed by atoms with Gasteiger partial charge in [0.1, 0.15) is 5.83 Å². The lowest BCUT2D eigenvalue weighted by Gasteiger charge is -2.34. The van der Waals surface area contributed by atoms with Gasteiger partial charge in [-0.15, -0.1) is 0 Å². The van der Waals surface area contributed by atoms with Crippen LogP contribution < -0.4 is 0 Å². The van der Waals surface area contributed by atoms with E-state index in [1.54, 1.807) is 0 Å². The number of hydrogen-bond acceptors (Lipinski definition) is 2. The molecule has 2 aliphatic rings. The van der Waals surface area contributed by atoms with Crippen molar-refractivity contribution in [3.63, 3.8) is 0 Å². The van der Waals surface area contributed by atoms with Gasteiger partial charge in [-0.05, 0) is 18.1 Å². The van der Waals surface area contributed by atoms with Gasteiger partial charge in [-0.3, -0.25) is 0 Å². The molecule has 2 aliphatic carbocycles. The summed E-state index contributed by atoms with van der Waals surface area (Å²) < 4.78 is 39.8. The first-order chi connectivity index (χ1) is 7.04. The zero-order valence-corrected chi connectivity index (χ0v) is 7.88. The molecule has 0 aliphatic heterocycles. The minimum atomic E-state index is -2.91. The Bertz CT molecular complexity index is 371. The molecule has 5 heteroatoms. The highest BCUT2D eigenvalue weighted by atomic mass is 19.3. The smallest absolute Gasteiger partial charge is 0.255 e. The highest BCUT2D eigenvalue weighted by molar-refractivity contribution is 6.01. The lowest BCUT2D eigenvalue weighted by molar-refractivity contribution is -0.0551. The second-order valence-corrected chi connectivity index (χ2v) is 3.80. The van der Waals surface area contributed by atoms with Gasteiger partial charge in [0, 0.05) is 12.8 Å². The van der Waals surface area contributed by atoms with Gasteiger partial charge < -0.3 is 5.21 Å². The molecule has 82 valence electrons. The number of hydrogen-bond donors (Lipinski definition) is 1. The summed E-state index contributed by atoms with van der Waals surface area (Å²) in [7, 11) is 0. The maximum absolute atomic E-state index is 13.5. The molecular formula is C10H10F3NO. The van der Waals surface area contributed by atoms with Crippen LogP contribution in [0.1, 0.15) is 19.3 Å². The van der Waals surface area contributed by atoms with Gasteiger partial charge in [0.15, 0.2) is 0 Å². The van der Waals surface area contributed by atoms with E-state index in [1.807, 2.05) is 0 Å². The van der Waals surface area contributed by atoms with Gasteiger partial charge in [-0.25, -0.2) is 13.2 Å². The predicted octanol–water partition coefficient (Wildman–Crippen LogP) is 3.05. The van der Waals surface area contributed by atoms with E-state index in [1.165, 1.54) is 6.08 Å². The highest BCUT2D eigenvalue weighted by Crippen LogP contribution is 2.45. The molecule has 0 aromatic rings. The Balaban J connectivity index is 2.41. The minimum Gasteiger partial charge on any atom is -0.411 e. The van der Waals surface area contributed by atoms with Crippen LogP contribution in [-0.2, 0) is 0 Å². The Morgan fingerprint density at radius 3 is 2.80 bits per heavy atom. The zero-order valence-electron chi connectivity index (χ0n) is 7.88. The fourth-order valence-electron chi connectivity index (χ4n) is 2.05. The topological polar surface area (TPSA) is 32.6 Å². The van der Waals surface area contributed by atoms with Crippen LogP contribution in [0.3, 0.4) is 0 Å². The van der Waals surface area contributed by atoms with Crippen molar-refractivity contribution in [2.45, 2.75) is 25.2 Å². The summed E-state index contributed by atoms with van der Waals surface area (Å²) >= 11 is 0. The molecule has 1 unspecified atom stereocenters. The Hall–Kier alpha value is -1.26. The van der Waals surface area contributed by atoms with E-state index in [2.05, 4.69) is 5.16 Å². The van der Waals surface area contributed by atoms with Crippen molar-refractivity contribution in [1.29, 1.82) is 0 Å². The van der Waals surface area contributed by atoms with E-state index < -0.39 is 17.7 Å². The van der Waals surface area contributed by atoms with Gasteiger partial charge in [-0.1, -0.05) is 11.2 Å². The fraction of sp³-hybridized carbons (Fsp3) is 0.500. The summed E-state index contributed by atoms with van der Waals surface area (Å²) in [4.78, 5) is 0. The van der Waals surface area contributed by atoms with Gasteiger partial charge in [0.25, 0.3) is 5.92 Å². The van der Waals surface area contributed by atoms with Crippen molar-refractivity contribution < 1.29 is 18.4 Å². The van der Waals surface area contributed by atoms with Gasteiger partial charge in [-0.2, -0.15) is 0 Å². The molecule has 0 aromatic carbocycles. The molecule has 0 heterocycles. The number of fused-ring (bicyclic) bond motifs is 1. The average molecular weight is 217 g/mol. The Morgan fingerprint density at radius 1 is 1.40 bits per heavy atom. The van der Waals surface area contributed by atoms with Crippen LogP contribution >= 0.6 is 0 Å². The lowest BCUT2D eigenvalue weighted by Crippen LogP contribution is -2.38. The third-order valence-corrected chi connectivity index (χ3v) is 2.88. The summed E-state index contributed by atoms with van der Waals surface area (Å²) in [6.45, 7) is 0. The Morgan fingerprint density at radius 2 is 2.13 bits per heavy atom. The number of oxime groups is 1. The molecule has 0 aromatic heterocycles. The van der Waals surface area contributed by atoms with Crippen LogP contribution in [0.5, 0.6) is 0 Å². The maximum atomic E-state index is 13.5. The van der Waals surface area contributed by atoms with Gasteiger partial charge in [0.05, 0.1) is 11.6 Å². The SMILES string of the molecule is ON=C1CCC(F)(F)C2CC(F)=CC=C12. The molecule has 1 N–H and O–H groups in total. The molecule has 2 nitrogen and oxygen atoms in total. The summed E-state index contributed by atoms with van der Waals surface area (Å²) in [6.07, 6.45) is 1.77. The fourth-order valence-corrected chi connectivity index (χ4v) is 2.05. The molecule has 2 rings (SSSR count). The summed E-state index contributed by atoms with van der Waals surface area (Å²) in [5.74, 6) is -4.64. The van der Waals surface area contributed by atoms with Crippen molar-refractivity contribution in [2.24, 2.45) is 11.1 Å². The molecule has 1 saturated carbocycles. The van der Waals surface area contributed by atoms with Crippen molar-refractivity contribution in [1.82, 2.24) is 0 Å². The molecule has 15 heavy (non-hydrogen) atoms. The van der Waals surface area contributed by atoms with E-state index in [0.29, 0.717) is 0 Å². The number of allylic oxidation sites excluding steroid dienone is 4. The molecular weight excluding hydrogens is 207 g/mol. The molecule has 0 radical (unpaired) electrons. The molecule has 0 saturated heterocycles. The van der Waals surface area contributed by atoms with Crippen LogP contribution in [0.2, 0.25) is 0 Å². The molecule has 0 spiro atoms. The largest absolute Gasteiger partial charge is 0.411 e. The number of alkyl halides is 2. The minimum absolute atomic E-state index is 0.0291. The first kappa shape index (κ1) is 10.3. The van der Waals surface area contributed by atoms with Crippen molar-refractivity contribution >= 4 is 5.71 Å². The van der Waals surface area contributed by atoms with Crippen LogP contribution in [0.4, 0.5) is 13.2 Å². The first-order valence-corrected chi connectivity index (χ1v) is 4.70. The van der Waals surface area contributed by atoms with E-state index in [-0.39, 0.29) is 30.5 Å². The monoisotopic (exact) mass is 217 g/mol. The molecule has 0 amide bonds. The summed E-state index contributed by atoms with van der Waals surface area (Å²) in [6, 6.07) is 0. The van der Waals surface area contributed by atoms with Crippen LogP contribution in [-0.4, -0.2) is 16.8 Å². The zero-order chi connectivity index (χ0) is 11.1. The van der Waals surface area contributed by atoms with E-state index in [0.717, 1.165) is 6.08 Å². The Labute approximate surface area is 84.8 Å². The number of nitrogens with zero attached hydrogens (tertiary/aromatic N) is 1.